The molecule has 3 heteroatoms. The van der Waals surface area contributed by atoms with Crippen LogP contribution in [0, 0.1) is 6.92 Å². The summed E-state index contributed by atoms with van der Waals surface area (Å²) in [5.74, 6) is 0.492. The van der Waals surface area contributed by atoms with Gasteiger partial charge in [-0.25, -0.2) is 0 Å². The molecule has 20 heavy (non-hydrogen) atoms. The van der Waals surface area contributed by atoms with Gasteiger partial charge in [0.15, 0.2) is 5.58 Å². The molecule has 0 saturated heterocycles. The molecule has 3 aromatic rings. The van der Waals surface area contributed by atoms with Crippen LogP contribution in [-0.2, 0) is 5.60 Å². The van der Waals surface area contributed by atoms with Gasteiger partial charge in [-0.1, -0.05) is 53.6 Å². The average molecular weight is 287 g/mol. The zero-order valence-electron chi connectivity index (χ0n) is 11.4. The van der Waals surface area contributed by atoms with Gasteiger partial charge in [-0.05, 0) is 31.5 Å². The SMILES string of the molecule is Cc1cccc(C(C)(O)c2cc3cccc(Cl)c3o2)c1. The highest BCUT2D eigenvalue weighted by atomic mass is 35.5. The fourth-order valence-electron chi connectivity index (χ4n) is 2.36. The smallest absolute Gasteiger partial charge is 0.153 e. The molecule has 1 unspecified atom stereocenters. The van der Waals surface area contributed by atoms with E-state index >= 15 is 0 Å². The molecule has 0 bridgehead atoms. The predicted octanol–water partition coefficient (Wildman–Crippen LogP) is 4.65. The van der Waals surface area contributed by atoms with Gasteiger partial charge in [0.1, 0.15) is 11.4 Å². The predicted molar refractivity (Wildman–Crippen MR) is 81.1 cm³/mol. The zero-order chi connectivity index (χ0) is 14.3. The van der Waals surface area contributed by atoms with E-state index in [0.717, 1.165) is 16.5 Å². The third-order valence-corrected chi connectivity index (χ3v) is 3.85. The zero-order valence-corrected chi connectivity index (χ0v) is 12.1. The van der Waals surface area contributed by atoms with E-state index in [2.05, 4.69) is 0 Å². The lowest BCUT2D eigenvalue weighted by Gasteiger charge is -2.21. The molecule has 0 aliphatic carbocycles. The van der Waals surface area contributed by atoms with E-state index in [1.807, 2.05) is 49.4 Å². The molecule has 0 amide bonds. The first-order valence-electron chi connectivity index (χ1n) is 6.46. The van der Waals surface area contributed by atoms with E-state index in [0.29, 0.717) is 16.4 Å². The van der Waals surface area contributed by atoms with Gasteiger partial charge in [0.05, 0.1) is 5.02 Å². The summed E-state index contributed by atoms with van der Waals surface area (Å²) >= 11 is 6.12. The molecule has 1 atom stereocenters. The summed E-state index contributed by atoms with van der Waals surface area (Å²) in [6, 6.07) is 15.2. The number of aliphatic hydroxyl groups is 1. The molecule has 2 aromatic carbocycles. The van der Waals surface area contributed by atoms with Crippen LogP contribution in [0.1, 0.15) is 23.8 Å². The second kappa shape index (κ2) is 4.65. The second-order valence-electron chi connectivity index (χ2n) is 5.21. The first-order chi connectivity index (χ1) is 9.48. The van der Waals surface area contributed by atoms with Crippen molar-refractivity contribution in [3.05, 3.63) is 70.4 Å². The Morgan fingerprint density at radius 1 is 1.10 bits per heavy atom. The maximum Gasteiger partial charge on any atom is 0.153 e. The summed E-state index contributed by atoms with van der Waals surface area (Å²) < 4.78 is 5.78. The minimum atomic E-state index is -1.19. The Bertz CT molecular complexity index is 772. The maximum absolute atomic E-state index is 10.8. The molecule has 0 saturated carbocycles. The van der Waals surface area contributed by atoms with Gasteiger partial charge in [-0.15, -0.1) is 0 Å². The van der Waals surface area contributed by atoms with Crippen LogP contribution >= 0.6 is 11.6 Å². The van der Waals surface area contributed by atoms with Crippen molar-refractivity contribution in [2.24, 2.45) is 0 Å². The minimum absolute atomic E-state index is 0.492. The fraction of sp³-hybridized carbons (Fsp3) is 0.176. The van der Waals surface area contributed by atoms with Crippen molar-refractivity contribution in [2.75, 3.05) is 0 Å². The number of hydrogen-bond acceptors (Lipinski definition) is 2. The summed E-state index contributed by atoms with van der Waals surface area (Å²) in [5.41, 5.74) is 1.32. The van der Waals surface area contributed by atoms with Gasteiger partial charge in [-0.2, -0.15) is 0 Å². The van der Waals surface area contributed by atoms with Crippen molar-refractivity contribution in [3.63, 3.8) is 0 Å². The van der Waals surface area contributed by atoms with Crippen molar-refractivity contribution in [3.8, 4) is 0 Å². The highest BCUT2D eigenvalue weighted by Gasteiger charge is 2.30. The number of rotatable bonds is 2. The Kier molecular flexibility index (Phi) is 3.08. The molecule has 0 aliphatic rings. The lowest BCUT2D eigenvalue weighted by atomic mass is 9.92. The molecule has 102 valence electrons. The second-order valence-corrected chi connectivity index (χ2v) is 5.62. The number of fused-ring (bicyclic) bond motifs is 1. The molecule has 0 aliphatic heterocycles. The Hall–Kier alpha value is -1.77. The van der Waals surface area contributed by atoms with Crippen molar-refractivity contribution in [1.29, 1.82) is 0 Å². The number of benzene rings is 2. The molecule has 1 N–H and O–H groups in total. The van der Waals surface area contributed by atoms with E-state index in [1.165, 1.54) is 0 Å². The summed E-state index contributed by atoms with van der Waals surface area (Å²) in [5, 5.41) is 12.3. The van der Waals surface area contributed by atoms with Crippen molar-refractivity contribution in [1.82, 2.24) is 0 Å². The first-order valence-corrected chi connectivity index (χ1v) is 6.84. The third kappa shape index (κ3) is 2.11. The van der Waals surface area contributed by atoms with Crippen LogP contribution in [0.25, 0.3) is 11.0 Å². The molecule has 0 fully saturated rings. The number of aryl methyl sites for hydroxylation is 1. The van der Waals surface area contributed by atoms with Gasteiger partial charge in [-0.3, -0.25) is 0 Å². The largest absolute Gasteiger partial charge is 0.456 e. The summed E-state index contributed by atoms with van der Waals surface area (Å²) in [6.45, 7) is 3.72. The highest BCUT2D eigenvalue weighted by Crippen LogP contribution is 2.35. The van der Waals surface area contributed by atoms with Crippen LogP contribution in [0.2, 0.25) is 5.02 Å². The average Bonchev–Trinajstić information content (AvgIpc) is 2.85. The molecule has 1 heterocycles. The van der Waals surface area contributed by atoms with E-state index in [1.54, 1.807) is 13.0 Å². The number of para-hydroxylation sites is 1. The Balaban J connectivity index is 2.16. The van der Waals surface area contributed by atoms with Crippen LogP contribution in [-0.4, -0.2) is 5.11 Å². The Morgan fingerprint density at radius 3 is 2.55 bits per heavy atom. The van der Waals surface area contributed by atoms with Crippen LogP contribution in [0.5, 0.6) is 0 Å². The number of hydrogen-bond donors (Lipinski definition) is 1. The standard InChI is InChI=1S/C17H15ClO2/c1-11-5-3-7-13(9-11)17(2,19)15-10-12-6-4-8-14(18)16(12)20-15/h3-10,19H,1-2H3. The lowest BCUT2D eigenvalue weighted by Crippen LogP contribution is -2.21. The summed E-state index contributed by atoms with van der Waals surface area (Å²) in [4.78, 5) is 0. The van der Waals surface area contributed by atoms with Gasteiger partial charge in [0.2, 0.25) is 0 Å². The van der Waals surface area contributed by atoms with Gasteiger partial charge < -0.3 is 9.52 Å². The molecule has 2 nitrogen and oxygen atoms in total. The fourth-order valence-corrected chi connectivity index (χ4v) is 2.58. The van der Waals surface area contributed by atoms with Crippen molar-refractivity contribution in [2.45, 2.75) is 19.4 Å². The summed E-state index contributed by atoms with van der Waals surface area (Å²) in [7, 11) is 0. The Morgan fingerprint density at radius 2 is 1.85 bits per heavy atom. The van der Waals surface area contributed by atoms with E-state index in [-0.39, 0.29) is 0 Å². The summed E-state index contributed by atoms with van der Waals surface area (Å²) in [6.07, 6.45) is 0. The van der Waals surface area contributed by atoms with E-state index < -0.39 is 5.60 Å². The Labute approximate surface area is 122 Å². The lowest BCUT2D eigenvalue weighted by molar-refractivity contribution is 0.0786. The van der Waals surface area contributed by atoms with Gasteiger partial charge in [0, 0.05) is 5.39 Å². The van der Waals surface area contributed by atoms with Crippen LogP contribution in [0.3, 0.4) is 0 Å². The highest BCUT2D eigenvalue weighted by molar-refractivity contribution is 6.34. The molecule has 0 spiro atoms. The van der Waals surface area contributed by atoms with Crippen molar-refractivity contribution < 1.29 is 9.52 Å². The van der Waals surface area contributed by atoms with Gasteiger partial charge >= 0.3 is 0 Å². The molecule has 0 radical (unpaired) electrons. The topological polar surface area (TPSA) is 33.4 Å². The number of furan rings is 1. The van der Waals surface area contributed by atoms with E-state index in [9.17, 15) is 5.11 Å². The molecule has 3 rings (SSSR count). The van der Waals surface area contributed by atoms with Crippen LogP contribution in [0.15, 0.2) is 52.9 Å². The molecular weight excluding hydrogens is 272 g/mol. The number of halogens is 1. The first kappa shape index (κ1) is 13.2. The van der Waals surface area contributed by atoms with Crippen molar-refractivity contribution >= 4 is 22.6 Å². The monoisotopic (exact) mass is 286 g/mol. The van der Waals surface area contributed by atoms with Gasteiger partial charge in [0.25, 0.3) is 0 Å². The van der Waals surface area contributed by atoms with Crippen LogP contribution in [0.4, 0.5) is 0 Å². The molecular formula is C17H15ClO2. The molecule has 1 aromatic heterocycles. The normalized spacial score (nSPS) is 14.4. The quantitative estimate of drug-likeness (QED) is 0.744. The van der Waals surface area contributed by atoms with E-state index in [4.69, 9.17) is 16.0 Å². The maximum atomic E-state index is 10.8. The van der Waals surface area contributed by atoms with Crippen LogP contribution < -0.4 is 0 Å². The third-order valence-electron chi connectivity index (χ3n) is 3.56. The minimum Gasteiger partial charge on any atom is -0.456 e.